The average Bonchev–Trinajstić information content (AvgIpc) is 3.30. The van der Waals surface area contributed by atoms with Crippen molar-refractivity contribution in [2.24, 2.45) is 0 Å². The molecule has 0 aliphatic rings. The Hall–Kier alpha value is -2.64. The number of amides is 1. The van der Waals surface area contributed by atoms with Crippen molar-refractivity contribution in [2.45, 2.75) is 20.0 Å². The number of rotatable bonds is 9. The Kier molecular flexibility index (Phi) is 6.62. The highest BCUT2D eigenvalue weighted by Gasteiger charge is 2.11. The first kappa shape index (κ1) is 19.1. The van der Waals surface area contributed by atoms with Crippen LogP contribution in [0.15, 0.2) is 54.0 Å². The molecule has 7 heteroatoms. The van der Waals surface area contributed by atoms with Crippen LogP contribution < -0.4 is 10.1 Å². The van der Waals surface area contributed by atoms with Crippen molar-refractivity contribution < 1.29 is 9.53 Å². The monoisotopic (exact) mass is 384 g/mol. The molecule has 3 aromatic rings. The molecule has 3 rings (SSSR count). The molecule has 2 aromatic heterocycles. The van der Waals surface area contributed by atoms with Crippen LogP contribution in [0.3, 0.4) is 0 Å². The van der Waals surface area contributed by atoms with E-state index >= 15 is 0 Å². The van der Waals surface area contributed by atoms with E-state index in [0.717, 1.165) is 11.3 Å². The summed E-state index contributed by atoms with van der Waals surface area (Å²) in [6.07, 6.45) is 1.70. The van der Waals surface area contributed by atoms with Gasteiger partial charge in [-0.1, -0.05) is 18.2 Å². The van der Waals surface area contributed by atoms with E-state index in [9.17, 15) is 4.79 Å². The number of nitrogens with one attached hydrogen (secondary N) is 1. The normalized spacial score (nSPS) is 10.9. The van der Waals surface area contributed by atoms with E-state index in [-0.39, 0.29) is 5.91 Å². The van der Waals surface area contributed by atoms with Crippen molar-refractivity contribution in [2.75, 3.05) is 25.5 Å². The van der Waals surface area contributed by atoms with E-state index in [1.54, 1.807) is 22.2 Å². The van der Waals surface area contributed by atoms with E-state index in [0.29, 0.717) is 32.1 Å². The first-order valence-electron chi connectivity index (χ1n) is 8.88. The number of likely N-dealkylation sites (N-methyl/N-ethyl adjacent to an activating group) is 1. The van der Waals surface area contributed by atoms with Gasteiger partial charge in [-0.2, -0.15) is 5.10 Å². The summed E-state index contributed by atoms with van der Waals surface area (Å²) in [6.45, 7) is 4.27. The van der Waals surface area contributed by atoms with Gasteiger partial charge in [0, 0.05) is 17.5 Å². The van der Waals surface area contributed by atoms with Crippen LogP contribution in [0.5, 0.6) is 5.75 Å². The van der Waals surface area contributed by atoms with Crippen molar-refractivity contribution in [3.05, 3.63) is 64.5 Å². The third-order valence-corrected chi connectivity index (χ3v) is 4.83. The zero-order valence-corrected chi connectivity index (χ0v) is 16.4. The minimum atomic E-state index is -0.0589. The zero-order valence-electron chi connectivity index (χ0n) is 15.6. The summed E-state index contributed by atoms with van der Waals surface area (Å²) in [5.74, 6) is 1.51. The molecule has 0 saturated carbocycles. The second-order valence-electron chi connectivity index (χ2n) is 6.25. The molecule has 142 valence electrons. The van der Waals surface area contributed by atoms with Crippen molar-refractivity contribution in [3.63, 3.8) is 0 Å². The number of benzene rings is 1. The van der Waals surface area contributed by atoms with Crippen molar-refractivity contribution >= 4 is 23.1 Å². The van der Waals surface area contributed by atoms with Gasteiger partial charge in [-0.15, -0.1) is 11.3 Å². The fourth-order valence-corrected chi connectivity index (χ4v) is 3.45. The number of hydrogen-bond donors (Lipinski definition) is 1. The maximum atomic E-state index is 12.4. The minimum Gasteiger partial charge on any atom is -0.494 e. The Balaban J connectivity index is 1.51. The molecule has 1 amide bonds. The molecule has 0 radical (unpaired) electrons. The predicted molar refractivity (Wildman–Crippen MR) is 108 cm³/mol. The summed E-state index contributed by atoms with van der Waals surface area (Å²) in [4.78, 5) is 15.6. The van der Waals surface area contributed by atoms with Crippen LogP contribution in [0.1, 0.15) is 17.4 Å². The van der Waals surface area contributed by atoms with Gasteiger partial charge in [-0.25, -0.2) is 4.68 Å². The predicted octanol–water partition coefficient (Wildman–Crippen LogP) is 3.46. The van der Waals surface area contributed by atoms with Crippen LogP contribution in [-0.2, 0) is 17.9 Å². The van der Waals surface area contributed by atoms with E-state index in [1.165, 1.54) is 4.88 Å². The number of hydrogen-bond acceptors (Lipinski definition) is 5. The lowest BCUT2D eigenvalue weighted by Crippen LogP contribution is -2.30. The number of ether oxygens (including phenoxy) is 1. The van der Waals surface area contributed by atoms with E-state index < -0.39 is 0 Å². The summed E-state index contributed by atoms with van der Waals surface area (Å²) in [5.41, 5.74) is 1.14. The van der Waals surface area contributed by atoms with Gasteiger partial charge in [0.15, 0.2) is 0 Å². The molecule has 1 aromatic carbocycles. The second-order valence-corrected chi connectivity index (χ2v) is 7.28. The maximum absolute atomic E-state index is 12.4. The number of carbonyl (C=O) groups excluding carboxylic acids is 1. The number of anilines is 1. The molecule has 0 bridgehead atoms. The number of aromatic nitrogens is 2. The summed E-state index contributed by atoms with van der Waals surface area (Å²) in [5, 5.41) is 9.28. The molecule has 2 heterocycles. The molecule has 6 nitrogen and oxygen atoms in total. The Bertz CT molecular complexity index is 843. The van der Waals surface area contributed by atoms with E-state index in [1.807, 2.05) is 60.6 Å². The molecule has 0 saturated heterocycles. The fraction of sp³-hybridized carbons (Fsp3) is 0.300. The Labute approximate surface area is 163 Å². The van der Waals surface area contributed by atoms with Gasteiger partial charge in [-0.05, 0) is 43.1 Å². The van der Waals surface area contributed by atoms with Crippen LogP contribution in [0.2, 0.25) is 0 Å². The van der Waals surface area contributed by atoms with Gasteiger partial charge in [0.05, 0.1) is 25.9 Å². The summed E-state index contributed by atoms with van der Waals surface area (Å²) in [7, 11) is 1.93. The van der Waals surface area contributed by atoms with Crippen molar-refractivity contribution in [3.8, 4) is 5.75 Å². The van der Waals surface area contributed by atoms with Gasteiger partial charge in [0.2, 0.25) is 5.91 Å². The lowest BCUT2D eigenvalue weighted by atomic mass is 10.2. The molecule has 0 aliphatic heterocycles. The average molecular weight is 385 g/mol. The summed E-state index contributed by atoms with van der Waals surface area (Å²) in [6, 6.07) is 13.8. The van der Waals surface area contributed by atoms with E-state index in [4.69, 9.17) is 4.74 Å². The Morgan fingerprint density at radius 2 is 2.07 bits per heavy atom. The Morgan fingerprint density at radius 1 is 1.26 bits per heavy atom. The van der Waals surface area contributed by atoms with Crippen LogP contribution in [0, 0.1) is 0 Å². The first-order valence-corrected chi connectivity index (χ1v) is 9.76. The second kappa shape index (κ2) is 9.34. The number of thiophene rings is 1. The topological polar surface area (TPSA) is 59.4 Å². The minimum absolute atomic E-state index is 0.0589. The lowest BCUT2D eigenvalue weighted by molar-refractivity contribution is -0.117. The highest BCUT2D eigenvalue weighted by molar-refractivity contribution is 7.09. The van der Waals surface area contributed by atoms with Crippen LogP contribution >= 0.6 is 11.3 Å². The lowest BCUT2D eigenvalue weighted by Gasteiger charge is -2.17. The Morgan fingerprint density at radius 3 is 2.78 bits per heavy atom. The summed E-state index contributed by atoms with van der Waals surface area (Å²) >= 11 is 1.67. The molecule has 27 heavy (non-hydrogen) atoms. The van der Waals surface area contributed by atoms with Gasteiger partial charge in [-0.3, -0.25) is 9.69 Å². The zero-order chi connectivity index (χ0) is 19.1. The molecule has 0 unspecified atom stereocenters. The molecular formula is C20H24N4O2S. The largest absolute Gasteiger partial charge is 0.494 e. The van der Waals surface area contributed by atoms with E-state index in [2.05, 4.69) is 16.5 Å². The van der Waals surface area contributed by atoms with Gasteiger partial charge < -0.3 is 10.1 Å². The fourth-order valence-electron chi connectivity index (χ4n) is 2.77. The van der Waals surface area contributed by atoms with Gasteiger partial charge in [0.25, 0.3) is 0 Å². The SMILES string of the molecule is CCOc1ccc(CN(C)CC(=O)Nc2ccnn2Cc2cccs2)cc1. The third kappa shape index (κ3) is 5.67. The van der Waals surface area contributed by atoms with Gasteiger partial charge >= 0.3 is 0 Å². The highest BCUT2D eigenvalue weighted by atomic mass is 32.1. The third-order valence-electron chi connectivity index (χ3n) is 3.97. The van der Waals surface area contributed by atoms with Crippen molar-refractivity contribution in [1.82, 2.24) is 14.7 Å². The number of nitrogens with zero attached hydrogens (tertiary/aromatic N) is 3. The summed E-state index contributed by atoms with van der Waals surface area (Å²) < 4.78 is 7.25. The number of carbonyl (C=O) groups is 1. The first-order chi connectivity index (χ1) is 13.1. The van der Waals surface area contributed by atoms with Crippen LogP contribution in [-0.4, -0.2) is 40.8 Å². The molecule has 0 spiro atoms. The molecule has 0 aliphatic carbocycles. The standard InChI is InChI=1S/C20H24N4O2S/c1-3-26-17-8-6-16(7-9-17)13-23(2)15-20(25)22-19-10-11-21-24(19)14-18-5-4-12-27-18/h4-12H,3,13-15H2,1-2H3,(H,22,25). The molecular weight excluding hydrogens is 360 g/mol. The quantitative estimate of drug-likeness (QED) is 0.614. The van der Waals surface area contributed by atoms with Gasteiger partial charge in [0.1, 0.15) is 11.6 Å². The molecule has 0 fully saturated rings. The van der Waals surface area contributed by atoms with Crippen molar-refractivity contribution in [1.29, 1.82) is 0 Å². The highest BCUT2D eigenvalue weighted by Crippen LogP contribution is 2.15. The van der Waals surface area contributed by atoms with Crippen LogP contribution in [0.4, 0.5) is 5.82 Å². The molecule has 1 N–H and O–H groups in total. The maximum Gasteiger partial charge on any atom is 0.239 e. The molecule has 0 atom stereocenters. The smallest absolute Gasteiger partial charge is 0.239 e. The van der Waals surface area contributed by atoms with Crippen LogP contribution in [0.25, 0.3) is 0 Å².